The number of fused-ring (bicyclic) bond motifs is 1. The van der Waals surface area contributed by atoms with Crippen LogP contribution in [0, 0.1) is 0 Å². The number of likely N-dealkylation sites (tertiary alicyclic amines) is 1. The highest BCUT2D eigenvalue weighted by molar-refractivity contribution is 6.01. The van der Waals surface area contributed by atoms with E-state index in [0.717, 1.165) is 30.6 Å². The number of rotatable bonds is 2. The Kier molecular flexibility index (Phi) is 3.45. The van der Waals surface area contributed by atoms with Crippen LogP contribution in [0.15, 0.2) is 18.2 Å². The summed E-state index contributed by atoms with van der Waals surface area (Å²) in [6.07, 6.45) is 2.27. The topological polar surface area (TPSA) is 58.6 Å². The van der Waals surface area contributed by atoms with E-state index in [2.05, 4.69) is 5.32 Å². The van der Waals surface area contributed by atoms with Crippen molar-refractivity contribution < 1.29 is 14.3 Å². The summed E-state index contributed by atoms with van der Waals surface area (Å²) >= 11 is 0. The molecule has 1 aromatic rings. The molecule has 3 rings (SSSR count). The van der Waals surface area contributed by atoms with Crippen LogP contribution in [0.25, 0.3) is 0 Å². The van der Waals surface area contributed by atoms with E-state index in [1.807, 2.05) is 24.0 Å². The van der Waals surface area contributed by atoms with Crippen molar-refractivity contribution in [1.82, 2.24) is 4.90 Å². The molecule has 0 bridgehead atoms. The first-order valence-electron chi connectivity index (χ1n) is 7.28. The van der Waals surface area contributed by atoms with Crippen LogP contribution in [0.1, 0.15) is 35.7 Å². The SMILES string of the molecule is COC1(C)CCCN(C(=O)c2ccc3c(c2)CC(=O)N3)C1. The Balaban J connectivity index is 1.80. The lowest BCUT2D eigenvalue weighted by Crippen LogP contribution is -2.49. The summed E-state index contributed by atoms with van der Waals surface area (Å²) < 4.78 is 5.53. The lowest BCUT2D eigenvalue weighted by molar-refractivity contribution is -0.115. The monoisotopic (exact) mass is 288 g/mol. The molecule has 2 aliphatic rings. The van der Waals surface area contributed by atoms with E-state index >= 15 is 0 Å². The van der Waals surface area contributed by atoms with E-state index in [9.17, 15) is 9.59 Å². The number of hydrogen-bond acceptors (Lipinski definition) is 3. The Morgan fingerprint density at radius 1 is 1.43 bits per heavy atom. The minimum Gasteiger partial charge on any atom is -0.377 e. The van der Waals surface area contributed by atoms with E-state index in [1.165, 1.54) is 0 Å². The quantitative estimate of drug-likeness (QED) is 0.903. The molecule has 0 radical (unpaired) electrons. The van der Waals surface area contributed by atoms with Crippen LogP contribution < -0.4 is 5.32 Å². The van der Waals surface area contributed by atoms with Crippen LogP contribution in [-0.2, 0) is 16.0 Å². The highest BCUT2D eigenvalue weighted by Gasteiger charge is 2.33. The normalized spacial score (nSPS) is 24.7. The maximum atomic E-state index is 12.6. The van der Waals surface area contributed by atoms with E-state index in [0.29, 0.717) is 18.5 Å². The summed E-state index contributed by atoms with van der Waals surface area (Å²) in [5.41, 5.74) is 2.10. The van der Waals surface area contributed by atoms with Gasteiger partial charge in [-0.15, -0.1) is 0 Å². The molecule has 1 N–H and O–H groups in total. The second kappa shape index (κ2) is 5.15. The number of nitrogens with zero attached hydrogens (tertiary/aromatic N) is 1. The van der Waals surface area contributed by atoms with Crippen LogP contribution in [-0.4, -0.2) is 42.5 Å². The number of methoxy groups -OCH3 is 1. The Morgan fingerprint density at radius 2 is 2.24 bits per heavy atom. The second-order valence-electron chi connectivity index (χ2n) is 6.08. The van der Waals surface area contributed by atoms with Crippen LogP contribution >= 0.6 is 0 Å². The molecule has 1 atom stereocenters. The maximum Gasteiger partial charge on any atom is 0.253 e. The number of nitrogens with one attached hydrogen (secondary N) is 1. The number of carbonyl (C=O) groups is 2. The molecule has 0 spiro atoms. The zero-order valence-electron chi connectivity index (χ0n) is 12.4. The maximum absolute atomic E-state index is 12.6. The number of carbonyl (C=O) groups excluding carboxylic acids is 2. The third-order valence-corrected chi connectivity index (χ3v) is 4.42. The van der Waals surface area contributed by atoms with Gasteiger partial charge in [0.15, 0.2) is 0 Å². The van der Waals surface area contributed by atoms with Gasteiger partial charge in [0.05, 0.1) is 12.0 Å². The predicted molar refractivity (Wildman–Crippen MR) is 79.3 cm³/mol. The van der Waals surface area contributed by atoms with E-state index in [-0.39, 0.29) is 17.4 Å². The van der Waals surface area contributed by atoms with Crippen molar-refractivity contribution in [2.75, 3.05) is 25.5 Å². The Hall–Kier alpha value is -1.88. The van der Waals surface area contributed by atoms with Crippen molar-refractivity contribution in [2.24, 2.45) is 0 Å². The minimum atomic E-state index is -0.262. The molecule has 0 aromatic heterocycles. The van der Waals surface area contributed by atoms with Crippen molar-refractivity contribution in [3.05, 3.63) is 29.3 Å². The van der Waals surface area contributed by atoms with Gasteiger partial charge >= 0.3 is 0 Å². The van der Waals surface area contributed by atoms with E-state index < -0.39 is 0 Å². The van der Waals surface area contributed by atoms with Gasteiger partial charge in [-0.3, -0.25) is 9.59 Å². The van der Waals surface area contributed by atoms with Crippen LogP contribution in [0.5, 0.6) is 0 Å². The molecule has 21 heavy (non-hydrogen) atoms. The average Bonchev–Trinajstić information content (AvgIpc) is 2.85. The molecular weight excluding hydrogens is 268 g/mol. The van der Waals surface area contributed by atoms with Gasteiger partial charge < -0.3 is 15.0 Å². The van der Waals surface area contributed by atoms with Crippen LogP contribution in [0.2, 0.25) is 0 Å². The van der Waals surface area contributed by atoms with E-state index in [4.69, 9.17) is 4.74 Å². The van der Waals surface area contributed by atoms with Crippen molar-refractivity contribution in [3.8, 4) is 0 Å². The zero-order chi connectivity index (χ0) is 15.0. The fraction of sp³-hybridized carbons (Fsp3) is 0.500. The summed E-state index contributed by atoms with van der Waals surface area (Å²) in [4.78, 5) is 25.9. The molecule has 1 unspecified atom stereocenters. The molecule has 1 aromatic carbocycles. The van der Waals surface area contributed by atoms with E-state index in [1.54, 1.807) is 13.2 Å². The summed E-state index contributed by atoms with van der Waals surface area (Å²) in [6, 6.07) is 5.42. The molecule has 0 saturated carbocycles. The van der Waals surface area contributed by atoms with Gasteiger partial charge in [0.1, 0.15) is 0 Å². The summed E-state index contributed by atoms with van der Waals surface area (Å²) in [5, 5.41) is 2.78. The molecule has 0 aliphatic carbocycles. The molecular formula is C16H20N2O3. The standard InChI is InChI=1S/C16H20N2O3/c1-16(21-2)6-3-7-18(10-16)15(20)11-4-5-13-12(8-11)9-14(19)17-13/h4-5,8H,3,6-7,9-10H2,1-2H3,(H,17,19). The zero-order valence-corrected chi connectivity index (χ0v) is 12.4. The Morgan fingerprint density at radius 3 is 3.00 bits per heavy atom. The van der Waals surface area contributed by atoms with Gasteiger partial charge in [-0.25, -0.2) is 0 Å². The average molecular weight is 288 g/mol. The number of benzene rings is 1. The number of hydrogen-bond donors (Lipinski definition) is 1. The molecule has 5 heteroatoms. The third-order valence-electron chi connectivity index (χ3n) is 4.42. The molecule has 2 heterocycles. The Labute approximate surface area is 124 Å². The van der Waals surface area contributed by atoms with Gasteiger partial charge in [-0.05, 0) is 43.5 Å². The first kappa shape index (κ1) is 14.1. The minimum absolute atomic E-state index is 0.0140. The van der Waals surface area contributed by atoms with Gasteiger partial charge in [0.2, 0.25) is 5.91 Å². The number of anilines is 1. The fourth-order valence-electron chi connectivity index (χ4n) is 3.09. The highest BCUT2D eigenvalue weighted by Crippen LogP contribution is 2.27. The lowest BCUT2D eigenvalue weighted by Gasteiger charge is -2.39. The van der Waals surface area contributed by atoms with Crippen LogP contribution in [0.3, 0.4) is 0 Å². The molecule has 2 aliphatic heterocycles. The van der Waals surface area contributed by atoms with Gasteiger partial charge in [0.25, 0.3) is 5.91 Å². The molecule has 112 valence electrons. The first-order chi connectivity index (χ1) is 10.0. The summed E-state index contributed by atoms with van der Waals surface area (Å²) in [5.74, 6) is -0.000321. The largest absolute Gasteiger partial charge is 0.377 e. The molecule has 5 nitrogen and oxygen atoms in total. The number of amides is 2. The predicted octanol–water partition coefficient (Wildman–Crippen LogP) is 1.82. The summed E-state index contributed by atoms with van der Waals surface area (Å²) in [7, 11) is 1.70. The van der Waals surface area contributed by atoms with Crippen molar-refractivity contribution in [2.45, 2.75) is 31.8 Å². The molecule has 1 fully saturated rings. The van der Waals surface area contributed by atoms with Gasteiger partial charge in [-0.1, -0.05) is 0 Å². The van der Waals surface area contributed by atoms with Crippen molar-refractivity contribution >= 4 is 17.5 Å². The van der Waals surface area contributed by atoms with Crippen molar-refractivity contribution in [1.29, 1.82) is 0 Å². The molecule has 2 amide bonds. The highest BCUT2D eigenvalue weighted by atomic mass is 16.5. The number of piperidine rings is 1. The Bertz CT molecular complexity index is 599. The number of ether oxygens (including phenoxy) is 1. The third kappa shape index (κ3) is 2.65. The fourth-order valence-corrected chi connectivity index (χ4v) is 3.09. The summed E-state index contributed by atoms with van der Waals surface area (Å²) in [6.45, 7) is 3.40. The van der Waals surface area contributed by atoms with Gasteiger partial charge in [-0.2, -0.15) is 0 Å². The second-order valence-corrected chi connectivity index (χ2v) is 6.08. The van der Waals surface area contributed by atoms with Crippen LogP contribution in [0.4, 0.5) is 5.69 Å². The molecule has 1 saturated heterocycles. The first-order valence-corrected chi connectivity index (χ1v) is 7.28. The van der Waals surface area contributed by atoms with Gasteiger partial charge in [0, 0.05) is 31.5 Å². The smallest absolute Gasteiger partial charge is 0.253 e. The lowest BCUT2D eigenvalue weighted by atomic mass is 9.94. The van der Waals surface area contributed by atoms with Crippen molar-refractivity contribution in [3.63, 3.8) is 0 Å².